The van der Waals surface area contributed by atoms with Crippen LogP contribution in [0.1, 0.15) is 20.8 Å². The van der Waals surface area contributed by atoms with E-state index in [0.717, 1.165) is 24.5 Å². The van der Waals surface area contributed by atoms with Crippen molar-refractivity contribution in [2.45, 2.75) is 31.6 Å². The molecule has 4 nitrogen and oxygen atoms in total. The smallest absolute Gasteiger partial charge is 0.241 e. The molecular formula is C15H23N3OS. The predicted molar refractivity (Wildman–Crippen MR) is 87.1 cm³/mol. The van der Waals surface area contributed by atoms with Gasteiger partial charge in [0, 0.05) is 35.0 Å². The molecular weight excluding hydrogens is 270 g/mol. The SMILES string of the molecule is CC(C(=O)Nc1ccc(N)cc1)N1CCSC(C)(C)C1. The van der Waals surface area contributed by atoms with E-state index < -0.39 is 0 Å². The standard InChI is InChI=1S/C15H23N3OS/c1-11(18-8-9-20-15(2,3)10-18)14(19)17-13-6-4-12(16)5-7-13/h4-7,11H,8-10,16H2,1-3H3,(H,17,19). The van der Waals surface area contributed by atoms with Crippen LogP contribution >= 0.6 is 11.8 Å². The third-order valence-corrected chi connectivity index (χ3v) is 4.86. The van der Waals surface area contributed by atoms with E-state index in [2.05, 4.69) is 24.1 Å². The van der Waals surface area contributed by atoms with Crippen molar-refractivity contribution in [1.82, 2.24) is 4.90 Å². The van der Waals surface area contributed by atoms with E-state index in [1.807, 2.05) is 30.8 Å². The zero-order valence-corrected chi connectivity index (χ0v) is 13.2. The van der Waals surface area contributed by atoms with Gasteiger partial charge in [-0.3, -0.25) is 9.69 Å². The number of nitrogen functional groups attached to an aromatic ring is 1. The molecule has 0 radical (unpaired) electrons. The number of anilines is 2. The fraction of sp³-hybridized carbons (Fsp3) is 0.533. The Balaban J connectivity index is 1.96. The number of hydrogen-bond acceptors (Lipinski definition) is 4. The molecule has 1 aromatic rings. The summed E-state index contributed by atoms with van der Waals surface area (Å²) in [6.45, 7) is 8.33. The number of nitrogens with two attached hydrogens (primary N) is 1. The lowest BCUT2D eigenvalue weighted by atomic mass is 10.1. The van der Waals surface area contributed by atoms with Crippen molar-refractivity contribution >= 4 is 29.0 Å². The van der Waals surface area contributed by atoms with Crippen molar-refractivity contribution in [3.8, 4) is 0 Å². The lowest BCUT2D eigenvalue weighted by molar-refractivity contribution is -0.120. The molecule has 1 saturated heterocycles. The minimum Gasteiger partial charge on any atom is -0.399 e. The van der Waals surface area contributed by atoms with Gasteiger partial charge in [0.05, 0.1) is 6.04 Å². The van der Waals surface area contributed by atoms with Crippen molar-refractivity contribution in [3.05, 3.63) is 24.3 Å². The van der Waals surface area contributed by atoms with Crippen LogP contribution in [0.15, 0.2) is 24.3 Å². The maximum Gasteiger partial charge on any atom is 0.241 e. The number of hydrogen-bond donors (Lipinski definition) is 2. The van der Waals surface area contributed by atoms with E-state index in [0.29, 0.717) is 5.69 Å². The number of rotatable bonds is 3. The first-order valence-corrected chi connectivity index (χ1v) is 7.90. The lowest BCUT2D eigenvalue weighted by Crippen LogP contribution is -2.51. The zero-order valence-electron chi connectivity index (χ0n) is 12.3. The van der Waals surface area contributed by atoms with Crippen molar-refractivity contribution < 1.29 is 4.79 Å². The summed E-state index contributed by atoms with van der Waals surface area (Å²) in [6, 6.07) is 7.13. The van der Waals surface area contributed by atoms with Gasteiger partial charge in [-0.1, -0.05) is 0 Å². The monoisotopic (exact) mass is 293 g/mol. The molecule has 1 fully saturated rings. The first kappa shape index (κ1) is 15.2. The molecule has 110 valence electrons. The Hall–Kier alpha value is -1.20. The predicted octanol–water partition coefficient (Wildman–Crippen LogP) is 2.42. The van der Waals surface area contributed by atoms with Crippen molar-refractivity contribution in [1.29, 1.82) is 0 Å². The van der Waals surface area contributed by atoms with Crippen LogP contribution < -0.4 is 11.1 Å². The summed E-state index contributed by atoms with van der Waals surface area (Å²) >= 11 is 1.97. The normalized spacial score (nSPS) is 20.4. The van der Waals surface area contributed by atoms with Crippen LogP contribution in [-0.4, -0.2) is 40.4 Å². The molecule has 1 aliphatic rings. The summed E-state index contributed by atoms with van der Waals surface area (Å²) in [5, 5.41) is 2.95. The molecule has 0 bridgehead atoms. The molecule has 1 atom stereocenters. The first-order chi connectivity index (χ1) is 9.37. The molecule has 1 heterocycles. The molecule has 5 heteroatoms. The molecule has 1 aliphatic heterocycles. The maximum absolute atomic E-state index is 12.3. The molecule has 0 aliphatic carbocycles. The Morgan fingerprint density at radius 1 is 1.40 bits per heavy atom. The van der Waals surface area contributed by atoms with Gasteiger partial charge in [0.1, 0.15) is 0 Å². The summed E-state index contributed by atoms with van der Waals surface area (Å²) in [4.78, 5) is 14.6. The summed E-state index contributed by atoms with van der Waals surface area (Å²) in [5.74, 6) is 1.12. The van der Waals surface area contributed by atoms with Gasteiger partial charge in [0.15, 0.2) is 0 Å². The summed E-state index contributed by atoms with van der Waals surface area (Å²) in [6.07, 6.45) is 0. The number of benzene rings is 1. The number of carbonyl (C=O) groups excluding carboxylic acids is 1. The first-order valence-electron chi connectivity index (χ1n) is 6.92. The van der Waals surface area contributed by atoms with E-state index in [1.54, 1.807) is 12.1 Å². The van der Waals surface area contributed by atoms with Gasteiger partial charge in [-0.25, -0.2) is 0 Å². The Morgan fingerprint density at radius 3 is 2.65 bits per heavy atom. The van der Waals surface area contributed by atoms with Gasteiger partial charge in [0.2, 0.25) is 5.91 Å². The molecule has 1 aromatic carbocycles. The fourth-order valence-corrected chi connectivity index (χ4v) is 3.50. The van der Waals surface area contributed by atoms with Crippen molar-refractivity contribution in [2.75, 3.05) is 29.9 Å². The highest BCUT2D eigenvalue weighted by Crippen LogP contribution is 2.30. The second-order valence-corrected chi connectivity index (χ2v) is 7.67. The zero-order chi connectivity index (χ0) is 14.8. The molecule has 0 spiro atoms. The van der Waals surface area contributed by atoms with Crippen molar-refractivity contribution in [3.63, 3.8) is 0 Å². The Bertz CT molecular complexity index is 473. The highest BCUT2D eigenvalue weighted by molar-refractivity contribution is 8.00. The highest BCUT2D eigenvalue weighted by atomic mass is 32.2. The summed E-state index contributed by atoms with van der Waals surface area (Å²) in [5.41, 5.74) is 7.13. The van der Waals surface area contributed by atoms with Gasteiger partial charge >= 0.3 is 0 Å². The number of amides is 1. The van der Waals surface area contributed by atoms with E-state index in [4.69, 9.17) is 5.73 Å². The largest absolute Gasteiger partial charge is 0.399 e. The number of thioether (sulfide) groups is 1. The van der Waals surface area contributed by atoms with Crippen molar-refractivity contribution in [2.24, 2.45) is 0 Å². The molecule has 3 N–H and O–H groups in total. The van der Waals surface area contributed by atoms with Gasteiger partial charge in [0.25, 0.3) is 0 Å². The molecule has 2 rings (SSSR count). The van der Waals surface area contributed by atoms with Gasteiger partial charge in [-0.15, -0.1) is 0 Å². The van der Waals surface area contributed by atoms with Crippen LogP contribution in [0.5, 0.6) is 0 Å². The minimum atomic E-state index is -0.118. The molecule has 0 aromatic heterocycles. The van der Waals surface area contributed by atoms with Crippen LogP contribution in [0, 0.1) is 0 Å². The van der Waals surface area contributed by atoms with Crippen LogP contribution in [-0.2, 0) is 4.79 Å². The summed E-state index contributed by atoms with van der Waals surface area (Å²) in [7, 11) is 0. The molecule has 20 heavy (non-hydrogen) atoms. The van der Waals surface area contributed by atoms with E-state index in [-0.39, 0.29) is 16.7 Å². The van der Waals surface area contributed by atoms with Gasteiger partial charge < -0.3 is 11.1 Å². The second kappa shape index (κ2) is 6.06. The van der Waals surface area contributed by atoms with Crippen LogP contribution in [0.3, 0.4) is 0 Å². The molecule has 1 unspecified atom stereocenters. The average molecular weight is 293 g/mol. The minimum absolute atomic E-state index is 0.0393. The Kier molecular flexibility index (Phi) is 4.60. The maximum atomic E-state index is 12.3. The molecule has 1 amide bonds. The van der Waals surface area contributed by atoms with Crippen LogP contribution in [0.2, 0.25) is 0 Å². The molecule has 0 saturated carbocycles. The number of nitrogens with one attached hydrogen (secondary N) is 1. The van der Waals surface area contributed by atoms with E-state index >= 15 is 0 Å². The van der Waals surface area contributed by atoms with E-state index in [9.17, 15) is 4.79 Å². The van der Waals surface area contributed by atoms with Gasteiger partial charge in [-0.2, -0.15) is 11.8 Å². The quantitative estimate of drug-likeness (QED) is 0.840. The third-order valence-electron chi connectivity index (χ3n) is 3.56. The second-order valence-electron chi connectivity index (χ2n) is 5.87. The fourth-order valence-electron chi connectivity index (χ4n) is 2.36. The highest BCUT2D eigenvalue weighted by Gasteiger charge is 2.31. The number of nitrogens with zero attached hydrogens (tertiary/aromatic N) is 1. The van der Waals surface area contributed by atoms with Crippen LogP contribution in [0.4, 0.5) is 11.4 Å². The summed E-state index contributed by atoms with van der Waals surface area (Å²) < 4.78 is 0.216. The van der Waals surface area contributed by atoms with E-state index in [1.165, 1.54) is 0 Å². The van der Waals surface area contributed by atoms with Gasteiger partial charge in [-0.05, 0) is 45.0 Å². The Labute approximate surface area is 125 Å². The topological polar surface area (TPSA) is 58.4 Å². The average Bonchev–Trinajstić information content (AvgIpc) is 2.39. The third kappa shape index (κ3) is 3.90. The Morgan fingerprint density at radius 2 is 2.05 bits per heavy atom. The lowest BCUT2D eigenvalue weighted by Gasteiger charge is -2.40. The number of carbonyl (C=O) groups is 1. The van der Waals surface area contributed by atoms with Crippen LogP contribution in [0.25, 0.3) is 0 Å².